The second kappa shape index (κ2) is 78.7. The third-order valence-electron chi connectivity index (χ3n) is 20.3. The predicted octanol–water partition coefficient (Wildman–Crippen LogP) is 26.4. The average Bonchev–Trinajstić information content (AvgIpc) is 0.909. The summed E-state index contributed by atoms with van der Waals surface area (Å²) in [4.78, 5) is 73.3. The fraction of sp³-hybridized carbons (Fsp3) is 0.953. The fourth-order valence-electron chi connectivity index (χ4n) is 13.5. The molecule has 0 amide bonds. The standard InChI is InChI=1S/C86H168O17P2/c1-6-9-12-15-18-21-24-27-29-31-33-35-37-40-46-51-56-61-66-71-85(90)102-81(76-97-84(89)70-65-60-55-50-45-39-36-34-32-30-28-25-22-19-16-13-10-7-2)77-100-104(92,93)98-73-80(87)74-99-105(94,95)101-78-82(75-96-83(88)69-64-59-54-49-44-38-26-23-20-17-14-11-8-3)103-86(91)72-67-62-57-52-47-42-41-43-48-53-58-63-68-79(4)5/h79-82,87H,6-78H2,1-5H3,(H,92,93)(H,94,95)/t80-,81-,82-/m1/s1. The highest BCUT2D eigenvalue weighted by molar-refractivity contribution is 7.47. The van der Waals surface area contributed by atoms with E-state index in [1.165, 1.54) is 289 Å². The summed E-state index contributed by atoms with van der Waals surface area (Å²) in [6.07, 6.45) is 72.1. The molecule has 17 nitrogen and oxygen atoms in total. The molecule has 0 spiro atoms. The van der Waals surface area contributed by atoms with Gasteiger partial charge in [-0.3, -0.25) is 37.3 Å². The molecule has 0 saturated carbocycles. The van der Waals surface area contributed by atoms with E-state index in [0.29, 0.717) is 25.7 Å². The maximum absolute atomic E-state index is 13.1. The zero-order chi connectivity index (χ0) is 76.9. The Labute approximate surface area is 645 Å². The van der Waals surface area contributed by atoms with E-state index in [1.54, 1.807) is 0 Å². The van der Waals surface area contributed by atoms with Crippen molar-refractivity contribution in [3.8, 4) is 0 Å². The van der Waals surface area contributed by atoms with Gasteiger partial charge in [-0.1, -0.05) is 413 Å². The van der Waals surface area contributed by atoms with Crippen LogP contribution in [0, 0.1) is 5.92 Å². The summed E-state index contributed by atoms with van der Waals surface area (Å²) in [5.74, 6) is -1.32. The quantitative estimate of drug-likeness (QED) is 0.0222. The van der Waals surface area contributed by atoms with Gasteiger partial charge >= 0.3 is 39.5 Å². The largest absolute Gasteiger partial charge is 0.472 e. The SMILES string of the molecule is CCCCCCCCCCCCCCCCCCCCCC(=O)O[C@H](COC(=O)CCCCCCCCCCCCCCCCCCCC)COP(=O)(O)OC[C@@H](O)COP(=O)(O)OC[C@@H](COC(=O)CCCCCCCCCCCCCCC)OC(=O)CCCCCCCCCCCCCCC(C)C. The van der Waals surface area contributed by atoms with Crippen LogP contribution in [0.15, 0.2) is 0 Å². The Morgan fingerprint density at radius 3 is 0.648 bits per heavy atom. The molecule has 0 aliphatic heterocycles. The summed E-state index contributed by atoms with van der Waals surface area (Å²) in [7, 11) is -9.93. The van der Waals surface area contributed by atoms with Gasteiger partial charge in [0.1, 0.15) is 19.3 Å². The van der Waals surface area contributed by atoms with Crippen molar-refractivity contribution in [1.82, 2.24) is 0 Å². The Morgan fingerprint density at radius 2 is 0.438 bits per heavy atom. The van der Waals surface area contributed by atoms with E-state index in [2.05, 4.69) is 34.6 Å². The number of carbonyl (C=O) groups is 4. The van der Waals surface area contributed by atoms with Gasteiger partial charge in [0.2, 0.25) is 0 Å². The van der Waals surface area contributed by atoms with Gasteiger partial charge in [-0.05, 0) is 31.6 Å². The van der Waals surface area contributed by atoms with Crippen LogP contribution < -0.4 is 0 Å². The van der Waals surface area contributed by atoms with E-state index in [1.807, 2.05) is 0 Å². The highest BCUT2D eigenvalue weighted by Gasteiger charge is 2.30. The van der Waals surface area contributed by atoms with Crippen LogP contribution >= 0.6 is 15.6 Å². The molecule has 0 saturated heterocycles. The molecule has 3 N–H and O–H groups in total. The molecule has 0 aromatic carbocycles. The number of esters is 4. The van der Waals surface area contributed by atoms with Crippen LogP contribution in [0.1, 0.15) is 465 Å². The Bertz CT molecular complexity index is 2000. The number of phosphoric ester groups is 2. The monoisotopic (exact) mass is 1540 g/mol. The van der Waals surface area contributed by atoms with Crippen LogP contribution in [0.3, 0.4) is 0 Å². The van der Waals surface area contributed by atoms with Crippen molar-refractivity contribution in [1.29, 1.82) is 0 Å². The van der Waals surface area contributed by atoms with Crippen LogP contribution in [0.25, 0.3) is 0 Å². The zero-order valence-electron chi connectivity index (χ0n) is 68.9. The van der Waals surface area contributed by atoms with Gasteiger partial charge in [0.15, 0.2) is 12.2 Å². The number of hydrogen-bond donors (Lipinski definition) is 3. The first kappa shape index (κ1) is 103. The number of hydrogen-bond acceptors (Lipinski definition) is 15. The molecule has 0 rings (SSSR count). The molecular weight excluding hydrogens is 1370 g/mol. The van der Waals surface area contributed by atoms with Crippen molar-refractivity contribution >= 4 is 39.5 Å². The number of phosphoric acid groups is 2. The Morgan fingerprint density at radius 1 is 0.257 bits per heavy atom. The van der Waals surface area contributed by atoms with Gasteiger partial charge in [0.05, 0.1) is 26.4 Å². The lowest BCUT2D eigenvalue weighted by atomic mass is 10.0. The minimum absolute atomic E-state index is 0.108. The molecule has 0 aromatic heterocycles. The van der Waals surface area contributed by atoms with Crippen molar-refractivity contribution in [2.24, 2.45) is 5.92 Å². The topological polar surface area (TPSA) is 237 Å². The smallest absolute Gasteiger partial charge is 0.462 e. The van der Waals surface area contributed by atoms with E-state index in [-0.39, 0.29) is 25.7 Å². The summed E-state index contributed by atoms with van der Waals surface area (Å²) in [5.41, 5.74) is 0. The first-order valence-corrected chi connectivity index (χ1v) is 47.6. The first-order valence-electron chi connectivity index (χ1n) is 44.6. The van der Waals surface area contributed by atoms with Crippen LogP contribution in [-0.2, 0) is 65.4 Å². The van der Waals surface area contributed by atoms with Gasteiger partial charge in [0, 0.05) is 25.7 Å². The molecule has 0 aromatic rings. The lowest BCUT2D eigenvalue weighted by Gasteiger charge is -2.21. The molecule has 2 unspecified atom stereocenters. The van der Waals surface area contributed by atoms with Crippen molar-refractivity contribution in [3.05, 3.63) is 0 Å². The lowest BCUT2D eigenvalue weighted by molar-refractivity contribution is -0.161. The van der Waals surface area contributed by atoms with Crippen LogP contribution in [0.4, 0.5) is 0 Å². The van der Waals surface area contributed by atoms with E-state index >= 15 is 0 Å². The molecule has 0 aliphatic rings. The molecule has 0 radical (unpaired) electrons. The summed E-state index contributed by atoms with van der Waals surface area (Å²) in [6, 6.07) is 0. The van der Waals surface area contributed by atoms with Crippen molar-refractivity contribution < 1.29 is 80.2 Å². The van der Waals surface area contributed by atoms with Crippen LogP contribution in [0.5, 0.6) is 0 Å². The van der Waals surface area contributed by atoms with Crippen molar-refractivity contribution in [2.75, 3.05) is 39.6 Å². The third-order valence-corrected chi connectivity index (χ3v) is 22.2. The zero-order valence-corrected chi connectivity index (χ0v) is 70.7. The van der Waals surface area contributed by atoms with Crippen LogP contribution in [0.2, 0.25) is 0 Å². The van der Waals surface area contributed by atoms with E-state index in [9.17, 15) is 43.2 Å². The predicted molar refractivity (Wildman–Crippen MR) is 432 cm³/mol. The molecule has 0 fully saturated rings. The number of aliphatic hydroxyl groups is 1. The van der Waals surface area contributed by atoms with Crippen LogP contribution in [-0.4, -0.2) is 96.7 Å². The number of unbranched alkanes of at least 4 members (excludes halogenated alkanes) is 58. The van der Waals surface area contributed by atoms with Crippen molar-refractivity contribution in [3.63, 3.8) is 0 Å². The first-order chi connectivity index (χ1) is 51.0. The minimum atomic E-state index is -4.97. The number of ether oxygens (including phenoxy) is 4. The number of aliphatic hydroxyl groups excluding tert-OH is 1. The highest BCUT2D eigenvalue weighted by Crippen LogP contribution is 2.45. The van der Waals surface area contributed by atoms with Gasteiger partial charge in [-0.2, -0.15) is 0 Å². The van der Waals surface area contributed by atoms with E-state index in [0.717, 1.165) is 95.8 Å². The Kier molecular flexibility index (Phi) is 77.3. The normalized spacial score (nSPS) is 13.8. The maximum atomic E-state index is 13.1. The third kappa shape index (κ3) is 79.9. The minimum Gasteiger partial charge on any atom is -0.462 e. The molecule has 624 valence electrons. The summed E-state index contributed by atoms with van der Waals surface area (Å²) in [5, 5.41) is 10.7. The summed E-state index contributed by atoms with van der Waals surface area (Å²) < 4.78 is 68.9. The maximum Gasteiger partial charge on any atom is 0.472 e. The van der Waals surface area contributed by atoms with Crippen molar-refractivity contribution in [2.45, 2.75) is 483 Å². The second-order valence-electron chi connectivity index (χ2n) is 31.4. The van der Waals surface area contributed by atoms with E-state index < -0.39 is 97.5 Å². The molecule has 105 heavy (non-hydrogen) atoms. The molecule has 0 bridgehead atoms. The highest BCUT2D eigenvalue weighted by atomic mass is 31.2. The Hall–Kier alpha value is -1.94. The van der Waals surface area contributed by atoms with Gasteiger partial charge in [-0.15, -0.1) is 0 Å². The molecule has 5 atom stereocenters. The summed E-state index contributed by atoms with van der Waals surface area (Å²) >= 11 is 0. The average molecular weight is 1540 g/mol. The molecule has 19 heteroatoms. The molecular formula is C86H168O17P2. The van der Waals surface area contributed by atoms with Gasteiger partial charge < -0.3 is 33.8 Å². The fourth-order valence-corrected chi connectivity index (χ4v) is 15.1. The second-order valence-corrected chi connectivity index (χ2v) is 34.3. The molecule has 0 heterocycles. The number of carbonyl (C=O) groups excluding carboxylic acids is 4. The lowest BCUT2D eigenvalue weighted by Crippen LogP contribution is -2.30. The Balaban J connectivity index is 5.26. The van der Waals surface area contributed by atoms with E-state index in [4.69, 9.17) is 37.0 Å². The molecule has 0 aliphatic carbocycles. The number of rotatable bonds is 86. The van der Waals surface area contributed by atoms with Gasteiger partial charge in [-0.25, -0.2) is 9.13 Å². The van der Waals surface area contributed by atoms with Gasteiger partial charge in [0.25, 0.3) is 0 Å². The summed E-state index contributed by atoms with van der Waals surface area (Å²) in [6.45, 7) is 7.38.